The van der Waals surface area contributed by atoms with E-state index in [-0.39, 0.29) is 26.2 Å². The Kier molecular flexibility index (Phi) is 10.7. The summed E-state index contributed by atoms with van der Waals surface area (Å²) in [5.41, 5.74) is 8.10. The van der Waals surface area contributed by atoms with Crippen molar-refractivity contribution in [3.05, 3.63) is 107 Å². The lowest BCUT2D eigenvalue weighted by atomic mass is 10.0. The lowest BCUT2D eigenvalue weighted by Gasteiger charge is -2.34. The van der Waals surface area contributed by atoms with Crippen molar-refractivity contribution < 1.29 is 23.5 Å². The number of carbonyl (C=O) groups is 3. The molecule has 0 spiro atoms. The molecule has 2 atom stereocenters. The topological polar surface area (TPSA) is 105 Å². The van der Waals surface area contributed by atoms with E-state index in [1.54, 1.807) is 36.4 Å². The van der Waals surface area contributed by atoms with Gasteiger partial charge in [0.1, 0.15) is 17.9 Å². The first-order chi connectivity index (χ1) is 18.8. The summed E-state index contributed by atoms with van der Waals surface area (Å²) in [5.74, 6) is -1.84. The van der Waals surface area contributed by atoms with Gasteiger partial charge in [0.2, 0.25) is 11.8 Å². The number of benzene rings is 3. The number of amides is 3. The van der Waals surface area contributed by atoms with E-state index in [1.807, 2.05) is 36.4 Å². The van der Waals surface area contributed by atoms with Crippen molar-refractivity contribution in [3.63, 3.8) is 0 Å². The Balaban J connectivity index is 1.88. The molecular formula is C30H35FN4O4. The zero-order chi connectivity index (χ0) is 28.4. The summed E-state index contributed by atoms with van der Waals surface area (Å²) in [5, 5.41) is 2.56. The molecule has 2 unspecified atom stereocenters. The number of nitrogens with one attached hydrogen (secondary N) is 1. The standard InChI is InChI=1S/C30H35FN4O4/c1-33-28(36)26(17-23-13-7-8-15-25(23)31)34(2)30(38)27(20-39-19-21-10-5-4-6-11-21)35(3)29(37)24-14-9-12-22(16-24)18-32/h4-16,26-27H,17-20,32H2,1-3H3,(H,33,36). The van der Waals surface area contributed by atoms with Crippen LogP contribution in [0.5, 0.6) is 0 Å². The maximum absolute atomic E-state index is 14.4. The molecule has 9 heteroatoms. The van der Waals surface area contributed by atoms with Crippen LogP contribution < -0.4 is 11.1 Å². The lowest BCUT2D eigenvalue weighted by Crippen LogP contribution is -2.56. The number of nitrogens with zero attached hydrogens (tertiary/aromatic N) is 2. The molecule has 0 fully saturated rings. The van der Waals surface area contributed by atoms with Crippen LogP contribution in [-0.4, -0.2) is 67.4 Å². The molecule has 3 rings (SSSR count). The minimum atomic E-state index is -1.06. The van der Waals surface area contributed by atoms with Gasteiger partial charge in [-0.15, -0.1) is 0 Å². The Morgan fingerprint density at radius 3 is 2.23 bits per heavy atom. The van der Waals surface area contributed by atoms with Gasteiger partial charge in [0.25, 0.3) is 5.91 Å². The molecule has 3 aromatic rings. The zero-order valence-electron chi connectivity index (χ0n) is 22.5. The molecule has 0 saturated heterocycles. The number of carbonyl (C=O) groups excluding carboxylic acids is 3. The SMILES string of the molecule is CNC(=O)C(Cc1ccccc1F)N(C)C(=O)C(COCc1ccccc1)N(C)C(=O)c1cccc(CN)c1. The zero-order valence-corrected chi connectivity index (χ0v) is 22.5. The quantitative estimate of drug-likeness (QED) is 0.372. The third-order valence-electron chi connectivity index (χ3n) is 6.61. The van der Waals surface area contributed by atoms with Crippen molar-refractivity contribution in [3.8, 4) is 0 Å². The van der Waals surface area contributed by atoms with E-state index in [1.165, 1.54) is 37.0 Å². The summed E-state index contributed by atoms with van der Waals surface area (Å²) in [6.07, 6.45) is -0.0393. The highest BCUT2D eigenvalue weighted by Gasteiger charge is 2.35. The predicted molar refractivity (Wildman–Crippen MR) is 147 cm³/mol. The monoisotopic (exact) mass is 534 g/mol. The molecular weight excluding hydrogens is 499 g/mol. The molecule has 39 heavy (non-hydrogen) atoms. The van der Waals surface area contributed by atoms with Crippen LogP contribution in [0, 0.1) is 5.82 Å². The number of hydrogen-bond donors (Lipinski definition) is 2. The van der Waals surface area contributed by atoms with Crippen LogP contribution in [-0.2, 0) is 33.9 Å². The van der Waals surface area contributed by atoms with Crippen LogP contribution in [0.25, 0.3) is 0 Å². The number of rotatable bonds is 12. The minimum Gasteiger partial charge on any atom is -0.374 e. The van der Waals surface area contributed by atoms with Gasteiger partial charge < -0.3 is 25.6 Å². The fourth-order valence-electron chi connectivity index (χ4n) is 4.22. The van der Waals surface area contributed by atoms with E-state index in [9.17, 15) is 18.8 Å². The van der Waals surface area contributed by atoms with Crippen LogP contribution in [0.15, 0.2) is 78.9 Å². The summed E-state index contributed by atoms with van der Waals surface area (Å²) in [6, 6.07) is 20.4. The Morgan fingerprint density at radius 1 is 0.897 bits per heavy atom. The van der Waals surface area contributed by atoms with Crippen LogP contribution in [0.1, 0.15) is 27.0 Å². The number of ether oxygens (including phenoxy) is 1. The number of likely N-dealkylation sites (N-methyl/N-ethyl adjacent to an activating group) is 3. The Hall–Kier alpha value is -4.08. The van der Waals surface area contributed by atoms with Crippen molar-refractivity contribution in [1.29, 1.82) is 0 Å². The van der Waals surface area contributed by atoms with Crippen molar-refractivity contribution in [2.24, 2.45) is 5.73 Å². The molecule has 0 aromatic heterocycles. The first kappa shape index (κ1) is 29.5. The van der Waals surface area contributed by atoms with Crippen molar-refractivity contribution >= 4 is 17.7 Å². The van der Waals surface area contributed by atoms with Gasteiger partial charge in [-0.05, 0) is 34.9 Å². The van der Waals surface area contributed by atoms with Crippen molar-refractivity contribution in [1.82, 2.24) is 15.1 Å². The highest BCUT2D eigenvalue weighted by Crippen LogP contribution is 2.17. The summed E-state index contributed by atoms with van der Waals surface area (Å²) in [7, 11) is 4.45. The van der Waals surface area contributed by atoms with E-state index in [0.717, 1.165) is 11.1 Å². The molecule has 3 aromatic carbocycles. The Bertz CT molecular complexity index is 1270. The smallest absolute Gasteiger partial charge is 0.254 e. The Morgan fingerprint density at radius 2 is 1.56 bits per heavy atom. The second kappa shape index (κ2) is 14.2. The minimum absolute atomic E-state index is 0.0393. The molecule has 0 aliphatic carbocycles. The number of nitrogens with two attached hydrogens (primary N) is 1. The molecule has 206 valence electrons. The molecule has 0 saturated carbocycles. The fraction of sp³-hybridized carbons (Fsp3) is 0.300. The molecule has 0 heterocycles. The molecule has 0 aliphatic rings. The van der Waals surface area contributed by atoms with Crippen LogP contribution in [0.2, 0.25) is 0 Å². The van der Waals surface area contributed by atoms with E-state index < -0.39 is 35.6 Å². The second-order valence-corrected chi connectivity index (χ2v) is 9.21. The van der Waals surface area contributed by atoms with Crippen molar-refractivity contribution in [2.75, 3.05) is 27.7 Å². The fourth-order valence-corrected chi connectivity index (χ4v) is 4.22. The van der Waals surface area contributed by atoms with Gasteiger partial charge in [-0.1, -0.05) is 60.7 Å². The Labute approximate surface area is 228 Å². The third kappa shape index (κ3) is 7.72. The predicted octanol–water partition coefficient (Wildman–Crippen LogP) is 2.76. The normalized spacial score (nSPS) is 12.3. The number of halogens is 1. The van der Waals surface area contributed by atoms with Gasteiger partial charge >= 0.3 is 0 Å². The first-order valence-electron chi connectivity index (χ1n) is 12.7. The maximum atomic E-state index is 14.4. The summed E-state index contributed by atoms with van der Waals surface area (Å²) in [4.78, 5) is 42.7. The lowest BCUT2D eigenvalue weighted by molar-refractivity contribution is -0.143. The van der Waals surface area contributed by atoms with Gasteiger partial charge in [0.15, 0.2) is 0 Å². The van der Waals surface area contributed by atoms with Crippen LogP contribution in [0.3, 0.4) is 0 Å². The molecule has 0 radical (unpaired) electrons. The molecule has 3 amide bonds. The summed E-state index contributed by atoms with van der Waals surface area (Å²) in [6.45, 7) is 0.379. The van der Waals surface area contributed by atoms with Gasteiger partial charge in [0.05, 0.1) is 13.2 Å². The van der Waals surface area contributed by atoms with Gasteiger partial charge in [-0.3, -0.25) is 14.4 Å². The highest BCUT2D eigenvalue weighted by molar-refractivity contribution is 5.98. The molecule has 0 bridgehead atoms. The average molecular weight is 535 g/mol. The largest absolute Gasteiger partial charge is 0.374 e. The van der Waals surface area contributed by atoms with Gasteiger partial charge in [-0.2, -0.15) is 0 Å². The summed E-state index contributed by atoms with van der Waals surface area (Å²) >= 11 is 0. The van der Waals surface area contributed by atoms with E-state index in [4.69, 9.17) is 10.5 Å². The summed E-state index contributed by atoms with van der Waals surface area (Å²) < 4.78 is 20.3. The van der Waals surface area contributed by atoms with Gasteiger partial charge in [0, 0.05) is 39.7 Å². The van der Waals surface area contributed by atoms with Crippen LogP contribution >= 0.6 is 0 Å². The highest BCUT2D eigenvalue weighted by atomic mass is 19.1. The van der Waals surface area contributed by atoms with E-state index in [0.29, 0.717) is 11.1 Å². The van der Waals surface area contributed by atoms with Gasteiger partial charge in [-0.25, -0.2) is 4.39 Å². The molecule has 0 aliphatic heterocycles. The molecule has 3 N–H and O–H groups in total. The average Bonchev–Trinajstić information content (AvgIpc) is 2.97. The number of hydrogen-bond acceptors (Lipinski definition) is 5. The second-order valence-electron chi connectivity index (χ2n) is 9.21. The van der Waals surface area contributed by atoms with E-state index in [2.05, 4.69) is 5.32 Å². The van der Waals surface area contributed by atoms with Crippen molar-refractivity contribution in [2.45, 2.75) is 31.7 Å². The first-order valence-corrected chi connectivity index (χ1v) is 12.7. The third-order valence-corrected chi connectivity index (χ3v) is 6.61. The maximum Gasteiger partial charge on any atom is 0.254 e. The molecule has 8 nitrogen and oxygen atoms in total. The van der Waals surface area contributed by atoms with Crippen LogP contribution in [0.4, 0.5) is 4.39 Å². The van der Waals surface area contributed by atoms with E-state index >= 15 is 0 Å².